The Bertz CT molecular complexity index is 703. The third kappa shape index (κ3) is 7.11. The molecule has 0 saturated heterocycles. The second kappa shape index (κ2) is 10.4. The van der Waals surface area contributed by atoms with Crippen LogP contribution in [0.2, 0.25) is 0 Å². The molecule has 0 unspecified atom stereocenters. The molecule has 0 amide bonds. The van der Waals surface area contributed by atoms with Gasteiger partial charge in [-0.1, -0.05) is 24.3 Å². The van der Waals surface area contributed by atoms with E-state index in [1.807, 2.05) is 40.6 Å². The van der Waals surface area contributed by atoms with Crippen LogP contribution in [0.25, 0.3) is 12.2 Å². The summed E-state index contributed by atoms with van der Waals surface area (Å²) in [5.74, 6) is -0.613. The van der Waals surface area contributed by atoms with Crippen molar-refractivity contribution in [1.82, 2.24) is 0 Å². The van der Waals surface area contributed by atoms with Crippen LogP contribution in [0.4, 0.5) is 5.69 Å². The topological polar surface area (TPSA) is 55.8 Å². The van der Waals surface area contributed by atoms with E-state index in [1.165, 1.54) is 18.7 Å². The first-order valence-electron chi connectivity index (χ1n) is 8.38. The second-order valence-corrected chi connectivity index (χ2v) is 6.59. The van der Waals surface area contributed by atoms with Crippen LogP contribution in [0.5, 0.6) is 0 Å². The van der Waals surface area contributed by atoms with E-state index in [0.717, 1.165) is 11.3 Å². The Morgan fingerprint density at radius 3 is 2.08 bits per heavy atom. The first kappa shape index (κ1) is 19.7. The smallest absolute Gasteiger partial charge is 0.302 e. The number of ether oxygens (including phenoxy) is 2. The van der Waals surface area contributed by atoms with Gasteiger partial charge in [-0.3, -0.25) is 9.59 Å². The van der Waals surface area contributed by atoms with Gasteiger partial charge in [-0.2, -0.15) is 0 Å². The maximum atomic E-state index is 11.0. The van der Waals surface area contributed by atoms with Crippen molar-refractivity contribution in [3.63, 3.8) is 0 Å². The summed E-state index contributed by atoms with van der Waals surface area (Å²) < 4.78 is 10.1. The second-order valence-electron chi connectivity index (χ2n) is 5.61. The van der Waals surface area contributed by atoms with Crippen LogP contribution in [0.15, 0.2) is 41.8 Å². The predicted molar refractivity (Wildman–Crippen MR) is 105 cm³/mol. The molecular weight excluding hydrogens is 350 g/mol. The molecule has 6 heteroatoms. The van der Waals surface area contributed by atoms with Gasteiger partial charge in [0, 0.05) is 24.4 Å². The molecule has 1 aromatic heterocycles. The molecular formula is C20H23NO4S. The van der Waals surface area contributed by atoms with Gasteiger partial charge in [0.05, 0.1) is 13.1 Å². The molecule has 0 atom stereocenters. The summed E-state index contributed by atoms with van der Waals surface area (Å²) in [6, 6.07) is 12.2. The Labute approximate surface area is 157 Å². The minimum absolute atomic E-state index is 0.287. The lowest BCUT2D eigenvalue weighted by molar-refractivity contribution is -0.141. The Morgan fingerprint density at radius 2 is 1.58 bits per heavy atom. The highest BCUT2D eigenvalue weighted by atomic mass is 32.1. The van der Waals surface area contributed by atoms with Crippen molar-refractivity contribution in [2.45, 2.75) is 13.8 Å². The summed E-state index contributed by atoms with van der Waals surface area (Å²) in [5.41, 5.74) is 2.08. The quantitative estimate of drug-likeness (QED) is 0.625. The van der Waals surface area contributed by atoms with E-state index in [-0.39, 0.29) is 25.2 Å². The van der Waals surface area contributed by atoms with E-state index in [0.29, 0.717) is 13.1 Å². The summed E-state index contributed by atoms with van der Waals surface area (Å²) in [6.07, 6.45) is 4.15. The summed E-state index contributed by atoms with van der Waals surface area (Å²) in [4.78, 5) is 25.2. The van der Waals surface area contributed by atoms with Gasteiger partial charge in [0.15, 0.2) is 0 Å². The van der Waals surface area contributed by atoms with E-state index in [4.69, 9.17) is 9.47 Å². The van der Waals surface area contributed by atoms with Gasteiger partial charge in [-0.15, -0.1) is 11.3 Å². The lowest BCUT2D eigenvalue weighted by atomic mass is 10.1. The fourth-order valence-electron chi connectivity index (χ4n) is 2.33. The lowest BCUT2D eigenvalue weighted by Gasteiger charge is -2.24. The van der Waals surface area contributed by atoms with Crippen LogP contribution in [0.3, 0.4) is 0 Å². The monoisotopic (exact) mass is 373 g/mol. The molecule has 0 saturated carbocycles. The zero-order chi connectivity index (χ0) is 18.8. The highest BCUT2D eigenvalue weighted by Gasteiger charge is 2.08. The summed E-state index contributed by atoms with van der Waals surface area (Å²) in [5, 5.41) is 2.05. The van der Waals surface area contributed by atoms with Crippen molar-refractivity contribution in [3.8, 4) is 0 Å². The normalized spacial score (nSPS) is 10.7. The van der Waals surface area contributed by atoms with E-state index < -0.39 is 0 Å². The molecule has 5 nitrogen and oxygen atoms in total. The highest BCUT2D eigenvalue weighted by Crippen LogP contribution is 2.18. The van der Waals surface area contributed by atoms with Crippen molar-refractivity contribution in [2.24, 2.45) is 0 Å². The molecule has 0 radical (unpaired) electrons. The van der Waals surface area contributed by atoms with Crippen LogP contribution in [0, 0.1) is 0 Å². The number of hydrogen-bond acceptors (Lipinski definition) is 6. The fourth-order valence-corrected chi connectivity index (χ4v) is 2.95. The molecule has 0 aliphatic carbocycles. The molecule has 26 heavy (non-hydrogen) atoms. The lowest BCUT2D eigenvalue weighted by Crippen LogP contribution is -2.31. The van der Waals surface area contributed by atoms with Crippen LogP contribution in [0.1, 0.15) is 24.3 Å². The number of esters is 2. The molecule has 2 aromatic rings. The van der Waals surface area contributed by atoms with Crippen molar-refractivity contribution in [1.29, 1.82) is 0 Å². The molecule has 1 heterocycles. The Hall–Kier alpha value is -2.60. The van der Waals surface area contributed by atoms with Gasteiger partial charge in [0.2, 0.25) is 0 Å². The number of benzene rings is 1. The van der Waals surface area contributed by atoms with Crippen molar-refractivity contribution >= 4 is 41.1 Å². The minimum Gasteiger partial charge on any atom is -0.464 e. The number of rotatable bonds is 9. The zero-order valence-corrected chi connectivity index (χ0v) is 15.8. The highest BCUT2D eigenvalue weighted by molar-refractivity contribution is 7.10. The van der Waals surface area contributed by atoms with Gasteiger partial charge in [0.25, 0.3) is 0 Å². The number of anilines is 1. The first-order chi connectivity index (χ1) is 12.5. The molecule has 0 bridgehead atoms. The van der Waals surface area contributed by atoms with Crippen LogP contribution < -0.4 is 4.90 Å². The fraction of sp³-hybridized carbons (Fsp3) is 0.300. The van der Waals surface area contributed by atoms with E-state index >= 15 is 0 Å². The van der Waals surface area contributed by atoms with Gasteiger partial charge in [0.1, 0.15) is 13.2 Å². The van der Waals surface area contributed by atoms with Gasteiger partial charge < -0.3 is 14.4 Å². The van der Waals surface area contributed by atoms with Crippen LogP contribution in [-0.2, 0) is 19.1 Å². The van der Waals surface area contributed by atoms with Crippen molar-refractivity contribution in [2.75, 3.05) is 31.2 Å². The average Bonchev–Trinajstić information content (AvgIpc) is 3.12. The first-order valence-corrected chi connectivity index (χ1v) is 9.26. The number of hydrogen-bond donors (Lipinski definition) is 0. The third-order valence-corrected chi connectivity index (χ3v) is 4.41. The molecule has 0 aliphatic heterocycles. The summed E-state index contributed by atoms with van der Waals surface area (Å²) >= 11 is 1.70. The minimum atomic E-state index is -0.306. The molecule has 2 rings (SSSR count). The van der Waals surface area contributed by atoms with Gasteiger partial charge in [-0.25, -0.2) is 0 Å². The Balaban J connectivity index is 1.99. The van der Waals surface area contributed by atoms with E-state index in [2.05, 4.69) is 18.2 Å². The number of carbonyl (C=O) groups is 2. The van der Waals surface area contributed by atoms with Crippen LogP contribution >= 0.6 is 11.3 Å². The number of thiophene rings is 1. The Kier molecular flexibility index (Phi) is 7.89. The Morgan fingerprint density at radius 1 is 0.962 bits per heavy atom. The average molecular weight is 373 g/mol. The van der Waals surface area contributed by atoms with E-state index in [9.17, 15) is 9.59 Å². The summed E-state index contributed by atoms with van der Waals surface area (Å²) in [6.45, 7) is 4.41. The molecule has 0 spiro atoms. The number of carbonyl (C=O) groups excluding carboxylic acids is 2. The molecule has 0 fully saturated rings. The number of nitrogens with zero attached hydrogens (tertiary/aromatic N) is 1. The molecule has 0 N–H and O–H groups in total. The van der Waals surface area contributed by atoms with Crippen LogP contribution in [-0.4, -0.2) is 38.2 Å². The van der Waals surface area contributed by atoms with Crippen molar-refractivity contribution in [3.05, 3.63) is 52.2 Å². The largest absolute Gasteiger partial charge is 0.464 e. The van der Waals surface area contributed by atoms with E-state index in [1.54, 1.807) is 11.3 Å². The standard InChI is InChI=1S/C20H23NO4S/c1-16(22)24-13-11-21(12-14-25-17(2)23)19-8-5-18(6-9-19)7-10-20-4-3-15-26-20/h3-10,15H,11-14H2,1-2H3. The third-order valence-electron chi connectivity index (χ3n) is 3.57. The molecule has 138 valence electrons. The maximum Gasteiger partial charge on any atom is 0.302 e. The van der Waals surface area contributed by atoms with Gasteiger partial charge >= 0.3 is 11.9 Å². The summed E-state index contributed by atoms with van der Waals surface area (Å²) in [7, 11) is 0. The molecule has 0 aliphatic rings. The zero-order valence-electron chi connectivity index (χ0n) is 15.0. The SMILES string of the molecule is CC(=O)OCCN(CCOC(C)=O)c1ccc(C=Cc2cccs2)cc1. The predicted octanol–water partition coefficient (Wildman–Crippen LogP) is 3.85. The maximum absolute atomic E-state index is 11.0. The molecule has 1 aromatic carbocycles. The van der Waals surface area contributed by atoms with Crippen molar-refractivity contribution < 1.29 is 19.1 Å². The van der Waals surface area contributed by atoms with Gasteiger partial charge in [-0.05, 0) is 35.2 Å².